The molecular weight excluding hydrogens is 352 g/mol. The summed E-state index contributed by atoms with van der Waals surface area (Å²) >= 11 is 1.25. The van der Waals surface area contributed by atoms with Gasteiger partial charge in [0.15, 0.2) is 5.13 Å². The Morgan fingerprint density at radius 3 is 2.81 bits per heavy atom. The van der Waals surface area contributed by atoms with E-state index in [1.165, 1.54) is 24.2 Å². The summed E-state index contributed by atoms with van der Waals surface area (Å²) < 4.78 is 0. The van der Waals surface area contributed by atoms with Crippen molar-refractivity contribution in [2.45, 2.75) is 26.3 Å². The zero-order valence-corrected chi connectivity index (χ0v) is 15.3. The molecule has 2 aliphatic rings. The number of amides is 3. The van der Waals surface area contributed by atoms with E-state index in [2.05, 4.69) is 20.3 Å². The van der Waals surface area contributed by atoms with Crippen molar-refractivity contribution in [1.29, 1.82) is 0 Å². The second-order valence-electron chi connectivity index (χ2n) is 6.58. The summed E-state index contributed by atoms with van der Waals surface area (Å²) in [7, 11) is 0. The summed E-state index contributed by atoms with van der Waals surface area (Å²) in [6, 6.07) is 1.72. The van der Waals surface area contributed by atoms with Crippen LogP contribution in [-0.2, 0) is 6.54 Å². The molecule has 2 fully saturated rings. The van der Waals surface area contributed by atoms with Crippen LogP contribution >= 0.6 is 11.3 Å². The number of carbonyl (C=O) groups is 2. The van der Waals surface area contributed by atoms with Crippen molar-refractivity contribution in [1.82, 2.24) is 25.2 Å². The van der Waals surface area contributed by atoms with Crippen LogP contribution < -0.4 is 10.2 Å². The summed E-state index contributed by atoms with van der Waals surface area (Å²) in [5, 5.41) is 3.40. The van der Waals surface area contributed by atoms with Gasteiger partial charge in [0, 0.05) is 32.0 Å². The molecule has 0 atom stereocenters. The maximum atomic E-state index is 12.6. The Bertz CT molecular complexity index is 820. The van der Waals surface area contributed by atoms with E-state index in [0.717, 1.165) is 13.1 Å². The highest BCUT2D eigenvalue weighted by molar-refractivity contribution is 7.17. The predicted octanol–water partition coefficient (Wildman–Crippen LogP) is 1.82. The van der Waals surface area contributed by atoms with Crippen molar-refractivity contribution >= 4 is 28.4 Å². The number of rotatable bonds is 6. The number of aromatic nitrogens is 3. The van der Waals surface area contributed by atoms with Crippen molar-refractivity contribution in [3.05, 3.63) is 34.9 Å². The summed E-state index contributed by atoms with van der Waals surface area (Å²) in [6.45, 7) is 4.23. The number of aryl methyl sites for hydroxylation is 1. The minimum Gasteiger partial charge on any atom is -0.344 e. The van der Waals surface area contributed by atoms with E-state index in [0.29, 0.717) is 34.0 Å². The van der Waals surface area contributed by atoms with Gasteiger partial charge < -0.3 is 10.2 Å². The third-order valence-corrected chi connectivity index (χ3v) is 5.70. The Kier molecular flexibility index (Phi) is 4.54. The molecule has 0 spiro atoms. The fourth-order valence-electron chi connectivity index (χ4n) is 2.91. The molecule has 1 saturated carbocycles. The Hall–Kier alpha value is -2.55. The Morgan fingerprint density at radius 2 is 2.08 bits per heavy atom. The molecule has 136 valence electrons. The number of carbonyl (C=O) groups excluding carboxylic acids is 2. The lowest BCUT2D eigenvalue weighted by atomic mass is 10.3. The van der Waals surface area contributed by atoms with Crippen molar-refractivity contribution in [3.8, 4) is 0 Å². The first kappa shape index (κ1) is 16.9. The summed E-state index contributed by atoms with van der Waals surface area (Å²) in [5.74, 6) is 0.993. The molecule has 8 nitrogen and oxygen atoms in total. The number of anilines is 1. The van der Waals surface area contributed by atoms with Gasteiger partial charge in [-0.25, -0.2) is 19.7 Å². The van der Waals surface area contributed by atoms with Crippen LogP contribution in [0.1, 0.15) is 34.0 Å². The van der Waals surface area contributed by atoms with Gasteiger partial charge in [0.2, 0.25) is 0 Å². The molecule has 1 N–H and O–H groups in total. The highest BCUT2D eigenvalue weighted by Crippen LogP contribution is 2.33. The van der Waals surface area contributed by atoms with Gasteiger partial charge in [-0.05, 0) is 31.7 Å². The third-order valence-electron chi connectivity index (χ3n) is 4.52. The molecule has 0 radical (unpaired) electrons. The molecule has 3 heterocycles. The zero-order valence-electron chi connectivity index (χ0n) is 14.5. The maximum absolute atomic E-state index is 12.6. The van der Waals surface area contributed by atoms with E-state index in [1.54, 1.807) is 30.3 Å². The van der Waals surface area contributed by atoms with Crippen LogP contribution in [0.4, 0.5) is 9.93 Å². The lowest BCUT2D eigenvalue weighted by molar-refractivity contribution is 0.0953. The standard InChI is InChI=1S/C17H20N6O2S/c1-11-14(15(24)20-9-13-18-5-2-6-19-13)26-16(21-11)23-8-7-22(17(23)25)10-12-3-4-12/h2,5-6,12H,3-4,7-10H2,1H3,(H,20,24). The predicted molar refractivity (Wildman–Crippen MR) is 97.1 cm³/mol. The first-order valence-corrected chi connectivity index (χ1v) is 9.51. The maximum Gasteiger partial charge on any atom is 0.326 e. The molecular formula is C17H20N6O2S. The lowest BCUT2D eigenvalue weighted by Crippen LogP contribution is -2.33. The third kappa shape index (κ3) is 3.52. The van der Waals surface area contributed by atoms with Gasteiger partial charge in [0.1, 0.15) is 10.7 Å². The van der Waals surface area contributed by atoms with Crippen LogP contribution in [0.15, 0.2) is 18.5 Å². The van der Waals surface area contributed by atoms with E-state index in [1.807, 2.05) is 4.90 Å². The first-order valence-electron chi connectivity index (χ1n) is 8.70. The van der Waals surface area contributed by atoms with Crippen LogP contribution in [-0.4, -0.2) is 51.4 Å². The van der Waals surface area contributed by atoms with Crippen LogP contribution in [0.2, 0.25) is 0 Å². The first-order chi connectivity index (χ1) is 12.6. The molecule has 0 bridgehead atoms. The molecule has 1 saturated heterocycles. The van der Waals surface area contributed by atoms with Gasteiger partial charge in [-0.15, -0.1) is 0 Å². The van der Waals surface area contributed by atoms with Gasteiger partial charge in [-0.1, -0.05) is 11.3 Å². The van der Waals surface area contributed by atoms with Crippen molar-refractivity contribution in [3.63, 3.8) is 0 Å². The van der Waals surface area contributed by atoms with E-state index in [4.69, 9.17) is 0 Å². The van der Waals surface area contributed by atoms with Gasteiger partial charge in [-0.2, -0.15) is 0 Å². The largest absolute Gasteiger partial charge is 0.344 e. The SMILES string of the molecule is Cc1nc(N2CCN(CC3CC3)C2=O)sc1C(=O)NCc1ncccn1. The smallest absolute Gasteiger partial charge is 0.326 e. The number of hydrogen-bond donors (Lipinski definition) is 1. The number of hydrogen-bond acceptors (Lipinski definition) is 6. The normalized spacial score (nSPS) is 17.0. The molecule has 3 amide bonds. The molecule has 2 aromatic heterocycles. The highest BCUT2D eigenvalue weighted by Gasteiger charge is 2.35. The monoisotopic (exact) mass is 372 g/mol. The van der Waals surface area contributed by atoms with E-state index < -0.39 is 0 Å². The Balaban J connectivity index is 1.42. The molecule has 9 heteroatoms. The van der Waals surface area contributed by atoms with Crippen molar-refractivity contribution < 1.29 is 9.59 Å². The van der Waals surface area contributed by atoms with Gasteiger partial charge in [-0.3, -0.25) is 9.69 Å². The molecule has 4 rings (SSSR count). The van der Waals surface area contributed by atoms with Crippen LogP contribution in [0.5, 0.6) is 0 Å². The second-order valence-corrected chi connectivity index (χ2v) is 7.56. The van der Waals surface area contributed by atoms with Gasteiger partial charge in [0.05, 0.1) is 12.2 Å². The average molecular weight is 372 g/mol. The van der Waals surface area contributed by atoms with E-state index in [-0.39, 0.29) is 18.5 Å². The zero-order chi connectivity index (χ0) is 18.1. The Labute approximate surface area is 155 Å². The number of nitrogens with one attached hydrogen (secondary N) is 1. The molecule has 26 heavy (non-hydrogen) atoms. The fourth-order valence-corrected chi connectivity index (χ4v) is 3.91. The average Bonchev–Trinajstić information content (AvgIpc) is 3.28. The minimum atomic E-state index is -0.222. The Morgan fingerprint density at radius 1 is 1.31 bits per heavy atom. The fraction of sp³-hybridized carbons (Fsp3) is 0.471. The topological polar surface area (TPSA) is 91.3 Å². The quantitative estimate of drug-likeness (QED) is 0.835. The van der Waals surface area contributed by atoms with Crippen LogP contribution in [0, 0.1) is 12.8 Å². The minimum absolute atomic E-state index is 0.00436. The molecule has 1 aliphatic heterocycles. The van der Waals surface area contributed by atoms with Gasteiger partial charge >= 0.3 is 6.03 Å². The molecule has 2 aromatic rings. The lowest BCUT2D eigenvalue weighted by Gasteiger charge is -2.16. The number of nitrogens with zero attached hydrogens (tertiary/aromatic N) is 5. The number of thiazole rings is 1. The number of urea groups is 1. The van der Waals surface area contributed by atoms with Crippen molar-refractivity contribution in [2.24, 2.45) is 5.92 Å². The summed E-state index contributed by atoms with van der Waals surface area (Å²) in [6.07, 6.45) is 5.71. The van der Waals surface area contributed by atoms with Crippen LogP contribution in [0.25, 0.3) is 0 Å². The van der Waals surface area contributed by atoms with E-state index >= 15 is 0 Å². The van der Waals surface area contributed by atoms with Gasteiger partial charge in [0.25, 0.3) is 5.91 Å². The van der Waals surface area contributed by atoms with Crippen molar-refractivity contribution in [2.75, 3.05) is 24.5 Å². The second kappa shape index (κ2) is 6.99. The highest BCUT2D eigenvalue weighted by atomic mass is 32.1. The van der Waals surface area contributed by atoms with E-state index in [9.17, 15) is 9.59 Å². The summed E-state index contributed by atoms with van der Waals surface area (Å²) in [5.41, 5.74) is 0.630. The molecule has 0 aromatic carbocycles. The molecule has 0 unspecified atom stereocenters. The molecule has 1 aliphatic carbocycles. The summed E-state index contributed by atoms with van der Waals surface area (Å²) in [4.78, 5) is 41.7. The van der Waals surface area contributed by atoms with Crippen LogP contribution in [0.3, 0.4) is 0 Å².